The number of ether oxygens (including phenoxy) is 2. The van der Waals surface area contributed by atoms with Gasteiger partial charge in [-0.25, -0.2) is 0 Å². The summed E-state index contributed by atoms with van der Waals surface area (Å²) in [5, 5.41) is 54.0. The molecule has 302 valence electrons. The first-order valence-electron chi connectivity index (χ1n) is 21.4. The Kier molecular flexibility index (Phi) is 31.5. The Bertz CT molecular complexity index is 812. The fourth-order valence-corrected chi connectivity index (χ4v) is 6.86. The second-order valence-electron chi connectivity index (χ2n) is 15.1. The number of carbonyl (C=O) groups excluding carboxylic acids is 1. The van der Waals surface area contributed by atoms with Crippen LogP contribution in [0.1, 0.15) is 194 Å². The highest BCUT2D eigenvalue weighted by Gasteiger charge is 2.44. The number of hydrogen-bond donors (Lipinski definition) is 6. The van der Waals surface area contributed by atoms with Crippen LogP contribution in [-0.4, -0.2) is 87.5 Å². The largest absolute Gasteiger partial charge is 0.394 e. The van der Waals surface area contributed by atoms with Crippen LogP contribution in [-0.2, 0) is 14.3 Å². The van der Waals surface area contributed by atoms with Crippen molar-refractivity contribution < 1.29 is 39.8 Å². The molecule has 0 aromatic rings. The van der Waals surface area contributed by atoms with Crippen molar-refractivity contribution in [1.82, 2.24) is 5.32 Å². The van der Waals surface area contributed by atoms with E-state index in [0.29, 0.717) is 6.42 Å². The van der Waals surface area contributed by atoms with Crippen LogP contribution >= 0.6 is 0 Å². The molecule has 0 radical (unpaired) electrons. The first-order valence-corrected chi connectivity index (χ1v) is 21.4. The molecule has 0 spiro atoms. The first kappa shape index (κ1) is 48.0. The predicted molar refractivity (Wildman–Crippen MR) is 207 cm³/mol. The third-order valence-electron chi connectivity index (χ3n) is 10.4. The molecule has 1 aliphatic rings. The van der Waals surface area contributed by atoms with E-state index in [1.54, 1.807) is 6.08 Å². The molecule has 1 rings (SSSR count). The summed E-state index contributed by atoms with van der Waals surface area (Å²) in [6, 6.07) is -0.796. The molecule has 7 unspecified atom stereocenters. The van der Waals surface area contributed by atoms with Gasteiger partial charge < -0.3 is 40.3 Å². The number of amides is 1. The van der Waals surface area contributed by atoms with Crippen LogP contribution < -0.4 is 5.32 Å². The lowest BCUT2D eigenvalue weighted by molar-refractivity contribution is -0.302. The van der Waals surface area contributed by atoms with Crippen molar-refractivity contribution in [2.75, 3.05) is 13.2 Å². The molecule has 0 saturated carbocycles. The molecule has 1 heterocycles. The smallest absolute Gasteiger partial charge is 0.220 e. The second-order valence-corrected chi connectivity index (χ2v) is 15.1. The van der Waals surface area contributed by atoms with E-state index in [1.807, 2.05) is 6.08 Å². The minimum atomic E-state index is -1.56. The Labute approximate surface area is 312 Å². The van der Waals surface area contributed by atoms with E-state index >= 15 is 0 Å². The molecule has 9 nitrogen and oxygen atoms in total. The third kappa shape index (κ3) is 24.8. The van der Waals surface area contributed by atoms with E-state index in [4.69, 9.17) is 9.47 Å². The number of unbranched alkanes of at least 4 members (excludes halogenated alkanes) is 25. The average Bonchev–Trinajstić information content (AvgIpc) is 3.13. The van der Waals surface area contributed by atoms with Gasteiger partial charge in [-0.15, -0.1) is 0 Å². The van der Waals surface area contributed by atoms with Gasteiger partial charge >= 0.3 is 0 Å². The Morgan fingerprint density at radius 3 is 1.53 bits per heavy atom. The van der Waals surface area contributed by atoms with Gasteiger partial charge in [0, 0.05) is 6.42 Å². The molecule has 51 heavy (non-hydrogen) atoms. The van der Waals surface area contributed by atoms with Gasteiger partial charge in [-0.3, -0.25) is 4.79 Å². The van der Waals surface area contributed by atoms with Gasteiger partial charge in [0.2, 0.25) is 5.91 Å². The Balaban J connectivity index is 2.40. The maximum atomic E-state index is 12.9. The van der Waals surface area contributed by atoms with E-state index in [-0.39, 0.29) is 12.5 Å². The fraction of sp³-hybridized carbons (Fsp3) is 0.929. The molecule has 0 bridgehead atoms. The summed E-state index contributed by atoms with van der Waals surface area (Å²) in [6.07, 6.45) is 29.6. The lowest BCUT2D eigenvalue weighted by Crippen LogP contribution is -2.60. The van der Waals surface area contributed by atoms with Crippen LogP contribution in [0, 0.1) is 0 Å². The van der Waals surface area contributed by atoms with Crippen molar-refractivity contribution in [2.45, 2.75) is 236 Å². The summed E-state index contributed by atoms with van der Waals surface area (Å²) in [7, 11) is 0. The van der Waals surface area contributed by atoms with Crippen LogP contribution in [0.4, 0.5) is 0 Å². The van der Waals surface area contributed by atoms with Crippen LogP contribution in [0.25, 0.3) is 0 Å². The molecular formula is C42H81NO8. The maximum Gasteiger partial charge on any atom is 0.220 e. The quantitative estimate of drug-likeness (QED) is 0.0283. The van der Waals surface area contributed by atoms with Gasteiger partial charge in [-0.2, -0.15) is 0 Å². The summed E-state index contributed by atoms with van der Waals surface area (Å²) >= 11 is 0. The van der Waals surface area contributed by atoms with Gasteiger partial charge in [0.05, 0.1) is 25.4 Å². The number of allylic oxidation sites excluding steroid dienone is 1. The molecule has 9 heteroatoms. The second kappa shape index (κ2) is 33.5. The highest BCUT2D eigenvalue weighted by Crippen LogP contribution is 2.22. The number of carbonyl (C=O) groups is 1. The van der Waals surface area contributed by atoms with Gasteiger partial charge in [0.15, 0.2) is 6.29 Å². The fourth-order valence-electron chi connectivity index (χ4n) is 6.86. The number of rotatable bonds is 35. The molecule has 7 atom stereocenters. The molecule has 1 saturated heterocycles. The van der Waals surface area contributed by atoms with Crippen molar-refractivity contribution in [3.8, 4) is 0 Å². The summed E-state index contributed by atoms with van der Waals surface area (Å²) in [6.45, 7) is 3.76. The van der Waals surface area contributed by atoms with E-state index < -0.39 is 49.5 Å². The van der Waals surface area contributed by atoms with Crippen molar-refractivity contribution >= 4 is 5.91 Å². The van der Waals surface area contributed by atoms with Crippen molar-refractivity contribution in [3.63, 3.8) is 0 Å². The Morgan fingerprint density at radius 2 is 1.08 bits per heavy atom. The molecule has 0 aromatic heterocycles. The summed E-state index contributed by atoms with van der Waals surface area (Å²) in [4.78, 5) is 12.9. The molecule has 1 fully saturated rings. The highest BCUT2D eigenvalue weighted by atomic mass is 16.7. The van der Waals surface area contributed by atoms with Crippen LogP contribution in [0.2, 0.25) is 0 Å². The zero-order chi connectivity index (χ0) is 37.4. The minimum absolute atomic E-state index is 0.177. The highest BCUT2D eigenvalue weighted by molar-refractivity contribution is 5.76. The number of aliphatic hydroxyl groups excluding tert-OH is 5. The number of hydrogen-bond acceptors (Lipinski definition) is 8. The van der Waals surface area contributed by atoms with E-state index in [2.05, 4.69) is 19.2 Å². The monoisotopic (exact) mass is 728 g/mol. The molecule has 0 aliphatic carbocycles. The van der Waals surface area contributed by atoms with E-state index in [1.165, 1.54) is 135 Å². The minimum Gasteiger partial charge on any atom is -0.394 e. The standard InChI is InChI=1S/C42H81NO8/c1-3-5-7-9-11-13-15-17-18-19-20-21-23-25-27-29-31-36(45)35(34-50-42-41(49)40(48)39(47)37(33-44)51-42)43-38(46)32-30-28-26-24-22-16-14-12-10-8-6-4-2/h29,31,35-37,39-42,44-45,47-49H,3-28,30,32-34H2,1-2H3,(H,43,46)/b31-29+. The van der Waals surface area contributed by atoms with Gasteiger partial charge in [0.1, 0.15) is 24.4 Å². The normalized spacial score (nSPS) is 22.1. The third-order valence-corrected chi connectivity index (χ3v) is 10.4. The van der Waals surface area contributed by atoms with Crippen LogP contribution in [0.15, 0.2) is 12.2 Å². The molecular weight excluding hydrogens is 646 g/mol. The van der Waals surface area contributed by atoms with Crippen molar-refractivity contribution in [1.29, 1.82) is 0 Å². The average molecular weight is 728 g/mol. The van der Waals surface area contributed by atoms with E-state index in [9.17, 15) is 30.3 Å². The molecule has 0 aromatic carbocycles. The SMILES string of the molecule is CCCCCCCCCCCCCCCC/C=C/C(O)C(COC1OC(CO)C(O)C(O)C1O)NC(=O)CCCCCCCCCCCCCC. The molecule has 1 aliphatic heterocycles. The van der Waals surface area contributed by atoms with Crippen LogP contribution in [0.5, 0.6) is 0 Å². The molecule has 1 amide bonds. The molecule has 6 N–H and O–H groups in total. The zero-order valence-corrected chi connectivity index (χ0v) is 32.9. The van der Waals surface area contributed by atoms with Crippen LogP contribution in [0.3, 0.4) is 0 Å². The summed E-state index contributed by atoms with van der Waals surface area (Å²) in [5.41, 5.74) is 0. The van der Waals surface area contributed by atoms with Crippen molar-refractivity contribution in [3.05, 3.63) is 12.2 Å². The first-order chi connectivity index (χ1) is 24.8. The maximum absolute atomic E-state index is 12.9. The topological polar surface area (TPSA) is 149 Å². The van der Waals surface area contributed by atoms with Crippen molar-refractivity contribution in [2.24, 2.45) is 0 Å². The zero-order valence-electron chi connectivity index (χ0n) is 32.9. The van der Waals surface area contributed by atoms with E-state index in [0.717, 1.165) is 38.5 Å². The predicted octanol–water partition coefficient (Wildman–Crippen LogP) is 8.17. The summed E-state index contributed by atoms with van der Waals surface area (Å²) in [5.74, 6) is -0.177. The lowest BCUT2D eigenvalue weighted by atomic mass is 9.99. The van der Waals surface area contributed by atoms with Gasteiger partial charge in [-0.1, -0.05) is 180 Å². The number of nitrogens with one attached hydrogen (secondary N) is 1. The van der Waals surface area contributed by atoms with Gasteiger partial charge in [-0.05, 0) is 19.3 Å². The Hall–Kier alpha value is -1.07. The number of aliphatic hydroxyl groups is 5. The lowest BCUT2D eigenvalue weighted by Gasteiger charge is -2.40. The van der Waals surface area contributed by atoms with Gasteiger partial charge in [0.25, 0.3) is 0 Å². The summed E-state index contributed by atoms with van der Waals surface area (Å²) < 4.78 is 11.2. The Morgan fingerprint density at radius 1 is 0.647 bits per heavy atom.